The van der Waals surface area contributed by atoms with Crippen molar-refractivity contribution in [3.8, 4) is 11.5 Å². The van der Waals surface area contributed by atoms with Crippen molar-refractivity contribution in [3.05, 3.63) is 58.6 Å². The second-order valence-electron chi connectivity index (χ2n) is 5.18. The molecule has 0 fully saturated rings. The van der Waals surface area contributed by atoms with Gasteiger partial charge in [0, 0.05) is 18.1 Å². The zero-order chi connectivity index (χ0) is 17.4. The van der Waals surface area contributed by atoms with Crippen molar-refractivity contribution in [2.45, 2.75) is 13.0 Å². The summed E-state index contributed by atoms with van der Waals surface area (Å²) in [5, 5.41) is 7.71. The van der Waals surface area contributed by atoms with Crippen molar-refractivity contribution >= 4 is 28.9 Å². The van der Waals surface area contributed by atoms with E-state index in [9.17, 15) is 0 Å². The first kappa shape index (κ1) is 18.4. The number of benzene rings is 2. The molecule has 2 aromatic carbocycles. The number of thiocarbonyl (C=S) groups is 1. The van der Waals surface area contributed by atoms with E-state index < -0.39 is 0 Å². The highest BCUT2D eigenvalue weighted by Crippen LogP contribution is 2.27. The molecule has 0 aliphatic rings. The van der Waals surface area contributed by atoms with Crippen molar-refractivity contribution in [3.63, 3.8) is 0 Å². The van der Waals surface area contributed by atoms with Crippen LogP contribution in [0.15, 0.2) is 42.5 Å². The standard InChI is InChI=1S/C18H21ClN2O2S/c1-22-16-7-6-13(11-17(16)23-2)8-9-20-18(24)21-12-14-4-3-5-15(19)10-14/h3-7,10-11H,8-9,12H2,1-2H3,(H2,20,21,24). The number of methoxy groups -OCH3 is 2. The minimum Gasteiger partial charge on any atom is -0.493 e. The molecular weight excluding hydrogens is 344 g/mol. The maximum atomic E-state index is 5.96. The SMILES string of the molecule is COc1ccc(CCNC(=S)NCc2cccc(Cl)c2)cc1OC. The summed E-state index contributed by atoms with van der Waals surface area (Å²) >= 11 is 11.3. The van der Waals surface area contributed by atoms with Crippen LogP contribution in [-0.4, -0.2) is 25.9 Å². The molecule has 0 bridgehead atoms. The van der Waals surface area contributed by atoms with E-state index in [-0.39, 0.29) is 0 Å². The Morgan fingerprint density at radius 2 is 1.79 bits per heavy atom. The minimum atomic E-state index is 0.621. The molecule has 0 saturated carbocycles. The van der Waals surface area contributed by atoms with Crippen LogP contribution in [0.3, 0.4) is 0 Å². The van der Waals surface area contributed by atoms with Gasteiger partial charge in [-0.1, -0.05) is 29.8 Å². The van der Waals surface area contributed by atoms with Gasteiger partial charge in [0.15, 0.2) is 16.6 Å². The molecule has 0 aliphatic carbocycles. The number of hydrogen-bond donors (Lipinski definition) is 2. The molecule has 0 unspecified atom stereocenters. The first-order valence-corrected chi connectivity index (χ1v) is 8.38. The van der Waals surface area contributed by atoms with Gasteiger partial charge >= 0.3 is 0 Å². The van der Waals surface area contributed by atoms with Gasteiger partial charge in [-0.15, -0.1) is 0 Å². The minimum absolute atomic E-state index is 0.621. The molecule has 0 spiro atoms. The number of hydrogen-bond acceptors (Lipinski definition) is 3. The van der Waals surface area contributed by atoms with Crippen molar-refractivity contribution in [2.24, 2.45) is 0 Å². The summed E-state index contributed by atoms with van der Waals surface area (Å²) in [5.74, 6) is 1.46. The van der Waals surface area contributed by atoms with Gasteiger partial charge in [-0.25, -0.2) is 0 Å². The van der Waals surface area contributed by atoms with E-state index >= 15 is 0 Å². The number of halogens is 1. The van der Waals surface area contributed by atoms with Crippen molar-refractivity contribution in [2.75, 3.05) is 20.8 Å². The molecule has 0 aliphatic heterocycles. The quantitative estimate of drug-likeness (QED) is 0.735. The fourth-order valence-corrected chi connectivity index (χ4v) is 2.64. The third-order valence-corrected chi connectivity index (χ3v) is 4.01. The fraction of sp³-hybridized carbons (Fsp3) is 0.278. The Bertz CT molecular complexity index is 694. The monoisotopic (exact) mass is 364 g/mol. The summed E-state index contributed by atoms with van der Waals surface area (Å²) < 4.78 is 10.5. The van der Waals surface area contributed by atoms with E-state index in [1.54, 1.807) is 14.2 Å². The van der Waals surface area contributed by atoms with Crippen molar-refractivity contribution < 1.29 is 9.47 Å². The van der Waals surface area contributed by atoms with Gasteiger partial charge in [-0.3, -0.25) is 0 Å². The summed E-state index contributed by atoms with van der Waals surface area (Å²) in [5.41, 5.74) is 2.24. The van der Waals surface area contributed by atoms with E-state index in [1.165, 1.54) is 0 Å². The van der Waals surface area contributed by atoms with Crippen LogP contribution in [0.4, 0.5) is 0 Å². The molecule has 0 radical (unpaired) electrons. The lowest BCUT2D eigenvalue weighted by Crippen LogP contribution is -2.35. The Morgan fingerprint density at radius 1 is 1.00 bits per heavy atom. The van der Waals surface area contributed by atoms with E-state index in [0.29, 0.717) is 11.7 Å². The van der Waals surface area contributed by atoms with Crippen LogP contribution >= 0.6 is 23.8 Å². The van der Waals surface area contributed by atoms with Crippen molar-refractivity contribution in [1.82, 2.24) is 10.6 Å². The first-order chi connectivity index (χ1) is 11.6. The maximum Gasteiger partial charge on any atom is 0.166 e. The van der Waals surface area contributed by atoms with Gasteiger partial charge < -0.3 is 20.1 Å². The highest BCUT2D eigenvalue weighted by Gasteiger charge is 2.04. The topological polar surface area (TPSA) is 42.5 Å². The summed E-state index contributed by atoms with van der Waals surface area (Å²) in [4.78, 5) is 0. The lowest BCUT2D eigenvalue weighted by Gasteiger charge is -2.12. The molecular formula is C18H21ClN2O2S. The third kappa shape index (κ3) is 5.58. The number of rotatable bonds is 7. The molecule has 0 saturated heterocycles. The Morgan fingerprint density at radius 3 is 2.50 bits per heavy atom. The molecule has 128 valence electrons. The van der Waals surface area contributed by atoms with Gasteiger partial charge in [0.1, 0.15) is 0 Å². The average Bonchev–Trinajstić information content (AvgIpc) is 2.60. The largest absolute Gasteiger partial charge is 0.493 e. The second kappa shape index (κ2) is 9.35. The maximum absolute atomic E-state index is 5.96. The van der Waals surface area contributed by atoms with E-state index in [0.717, 1.165) is 40.6 Å². The summed E-state index contributed by atoms with van der Waals surface area (Å²) in [6, 6.07) is 13.6. The zero-order valence-electron chi connectivity index (χ0n) is 13.8. The Kier molecular flexibility index (Phi) is 7.15. The van der Waals surface area contributed by atoms with Crippen LogP contribution in [0.5, 0.6) is 11.5 Å². The predicted molar refractivity (Wildman–Crippen MR) is 102 cm³/mol. The molecule has 6 heteroatoms. The Labute approximate surface area is 153 Å². The van der Waals surface area contributed by atoms with Crippen LogP contribution < -0.4 is 20.1 Å². The molecule has 24 heavy (non-hydrogen) atoms. The molecule has 4 nitrogen and oxygen atoms in total. The zero-order valence-corrected chi connectivity index (χ0v) is 15.3. The molecule has 2 aromatic rings. The highest BCUT2D eigenvalue weighted by molar-refractivity contribution is 7.80. The van der Waals surface area contributed by atoms with Gasteiger partial charge in [-0.05, 0) is 54.0 Å². The molecule has 2 N–H and O–H groups in total. The van der Waals surface area contributed by atoms with E-state index in [2.05, 4.69) is 10.6 Å². The lowest BCUT2D eigenvalue weighted by atomic mass is 10.1. The summed E-state index contributed by atoms with van der Waals surface area (Å²) in [7, 11) is 3.26. The predicted octanol–water partition coefficient (Wildman–Crippen LogP) is 3.56. The average molecular weight is 365 g/mol. The summed E-state index contributed by atoms with van der Waals surface area (Å²) in [6.45, 7) is 1.37. The third-order valence-electron chi connectivity index (χ3n) is 3.49. The molecule has 0 atom stereocenters. The molecule has 0 heterocycles. The smallest absolute Gasteiger partial charge is 0.166 e. The normalized spacial score (nSPS) is 10.1. The highest BCUT2D eigenvalue weighted by atomic mass is 35.5. The second-order valence-corrected chi connectivity index (χ2v) is 6.02. The van der Waals surface area contributed by atoms with Crippen LogP contribution in [0, 0.1) is 0 Å². The molecule has 0 aromatic heterocycles. The van der Waals surface area contributed by atoms with Crippen LogP contribution in [0.1, 0.15) is 11.1 Å². The van der Waals surface area contributed by atoms with Crippen LogP contribution in [0.25, 0.3) is 0 Å². The van der Waals surface area contributed by atoms with Crippen molar-refractivity contribution in [1.29, 1.82) is 0 Å². The fourth-order valence-electron chi connectivity index (χ4n) is 2.25. The van der Waals surface area contributed by atoms with Crippen LogP contribution in [0.2, 0.25) is 5.02 Å². The van der Waals surface area contributed by atoms with E-state index in [1.807, 2.05) is 42.5 Å². The van der Waals surface area contributed by atoms with Gasteiger partial charge in [-0.2, -0.15) is 0 Å². The Hall–Kier alpha value is -1.98. The Balaban J connectivity index is 1.76. The number of nitrogens with one attached hydrogen (secondary N) is 2. The van der Waals surface area contributed by atoms with Gasteiger partial charge in [0.2, 0.25) is 0 Å². The first-order valence-electron chi connectivity index (χ1n) is 7.59. The number of ether oxygens (including phenoxy) is 2. The van der Waals surface area contributed by atoms with E-state index in [4.69, 9.17) is 33.3 Å². The molecule has 0 amide bonds. The van der Waals surface area contributed by atoms with Gasteiger partial charge in [0.25, 0.3) is 0 Å². The van der Waals surface area contributed by atoms with Gasteiger partial charge in [0.05, 0.1) is 14.2 Å². The molecule has 2 rings (SSSR count). The lowest BCUT2D eigenvalue weighted by molar-refractivity contribution is 0.354. The summed E-state index contributed by atoms with van der Waals surface area (Å²) in [6.07, 6.45) is 0.833. The van der Waals surface area contributed by atoms with Crippen LogP contribution in [-0.2, 0) is 13.0 Å².